The molecule has 0 saturated heterocycles. The molecule has 1 aromatic rings. The van der Waals surface area contributed by atoms with Gasteiger partial charge in [-0.1, -0.05) is 60.1 Å². The van der Waals surface area contributed by atoms with Gasteiger partial charge in [-0.05, 0) is 54.7 Å². The van der Waals surface area contributed by atoms with Crippen LogP contribution in [0.3, 0.4) is 0 Å². The van der Waals surface area contributed by atoms with E-state index in [1.807, 2.05) is 19.1 Å². The summed E-state index contributed by atoms with van der Waals surface area (Å²) in [4.78, 5) is 36.2. The quantitative estimate of drug-likeness (QED) is 0.228. The molecule has 174 valence electrons. The van der Waals surface area contributed by atoms with Crippen molar-refractivity contribution in [1.29, 1.82) is 0 Å². The van der Waals surface area contributed by atoms with Gasteiger partial charge in [-0.2, -0.15) is 0 Å². The van der Waals surface area contributed by atoms with Gasteiger partial charge in [0, 0.05) is 6.42 Å². The number of unbranched alkanes of at least 4 members (excludes halogenated alkanes) is 1. The molecule has 0 aliphatic heterocycles. The molecule has 5 nitrogen and oxygen atoms in total. The zero-order valence-electron chi connectivity index (χ0n) is 20.4. The first kappa shape index (κ1) is 26.9. The van der Waals surface area contributed by atoms with Crippen molar-refractivity contribution < 1.29 is 23.9 Å². The van der Waals surface area contributed by atoms with Gasteiger partial charge in [0.25, 0.3) is 0 Å². The Kier molecular flexibility index (Phi) is 10.4. The van der Waals surface area contributed by atoms with Crippen molar-refractivity contribution in [2.45, 2.75) is 86.0 Å². The fourth-order valence-corrected chi connectivity index (χ4v) is 3.94. The molecule has 0 bridgehead atoms. The molecule has 0 aliphatic rings. The van der Waals surface area contributed by atoms with Gasteiger partial charge in [0.1, 0.15) is 5.75 Å². The Morgan fingerprint density at radius 1 is 0.935 bits per heavy atom. The normalized spacial score (nSPS) is 12.9. The van der Waals surface area contributed by atoms with Gasteiger partial charge >= 0.3 is 5.97 Å². The van der Waals surface area contributed by atoms with E-state index in [-0.39, 0.29) is 23.9 Å². The number of ether oxygens (including phenoxy) is 2. The van der Waals surface area contributed by atoms with E-state index in [4.69, 9.17) is 9.47 Å². The van der Waals surface area contributed by atoms with Gasteiger partial charge in [0.15, 0.2) is 17.5 Å². The highest BCUT2D eigenvalue weighted by molar-refractivity contribution is 6.16. The minimum Gasteiger partial charge on any atom is -0.494 e. The van der Waals surface area contributed by atoms with Gasteiger partial charge in [0.05, 0.1) is 13.2 Å². The first-order valence-corrected chi connectivity index (χ1v) is 11.3. The maximum atomic E-state index is 12.4. The Hall–Kier alpha value is -2.17. The Bertz CT molecular complexity index is 725. The van der Waals surface area contributed by atoms with Crippen LogP contribution in [0.2, 0.25) is 0 Å². The van der Waals surface area contributed by atoms with E-state index in [2.05, 4.69) is 46.8 Å². The molecule has 0 N–H and O–H groups in total. The van der Waals surface area contributed by atoms with Crippen molar-refractivity contribution in [3.63, 3.8) is 0 Å². The van der Waals surface area contributed by atoms with E-state index in [0.29, 0.717) is 19.4 Å². The molecule has 0 spiro atoms. The van der Waals surface area contributed by atoms with Gasteiger partial charge in [0.2, 0.25) is 0 Å². The zero-order valence-corrected chi connectivity index (χ0v) is 20.4. The minimum absolute atomic E-state index is 0.0661. The summed E-state index contributed by atoms with van der Waals surface area (Å²) in [6.07, 6.45) is 3.19. The fourth-order valence-electron chi connectivity index (χ4n) is 3.94. The summed E-state index contributed by atoms with van der Waals surface area (Å²) in [7, 11) is 0. The van der Waals surface area contributed by atoms with Gasteiger partial charge < -0.3 is 9.47 Å². The number of carbonyl (C=O) groups excluding carboxylic acids is 3. The second-order valence-corrected chi connectivity index (χ2v) is 10.1. The summed E-state index contributed by atoms with van der Waals surface area (Å²) in [5.41, 5.74) is 1.57. The van der Waals surface area contributed by atoms with Crippen molar-refractivity contribution in [3.05, 3.63) is 29.8 Å². The summed E-state index contributed by atoms with van der Waals surface area (Å²) in [6.45, 7) is 15.0. The summed E-state index contributed by atoms with van der Waals surface area (Å²) < 4.78 is 10.8. The maximum absolute atomic E-state index is 12.4. The number of benzene rings is 1. The standard InChI is InChI=1S/C26H40O5/c1-8-9-16-31-24(29)23(19(2)27)22(28)11-10-17-30-21-14-12-20(13-15-21)26(6,7)18-25(3,4)5/h12-15,23H,8-11,16-18H2,1-7H3. The van der Waals surface area contributed by atoms with Crippen molar-refractivity contribution in [3.8, 4) is 5.75 Å². The lowest BCUT2D eigenvalue weighted by molar-refractivity contribution is -0.155. The van der Waals surface area contributed by atoms with Gasteiger partial charge in [-0.15, -0.1) is 0 Å². The second kappa shape index (κ2) is 12.0. The van der Waals surface area contributed by atoms with Crippen LogP contribution in [-0.2, 0) is 24.5 Å². The predicted molar refractivity (Wildman–Crippen MR) is 123 cm³/mol. The number of rotatable bonds is 13. The molecule has 5 heteroatoms. The monoisotopic (exact) mass is 432 g/mol. The average Bonchev–Trinajstić information content (AvgIpc) is 2.64. The number of esters is 1. The molecular formula is C26H40O5. The fraction of sp³-hybridized carbons (Fsp3) is 0.654. The highest BCUT2D eigenvalue weighted by atomic mass is 16.5. The Morgan fingerprint density at radius 2 is 1.55 bits per heavy atom. The molecule has 0 saturated carbocycles. The number of carbonyl (C=O) groups is 3. The highest BCUT2D eigenvalue weighted by Crippen LogP contribution is 2.36. The molecule has 1 rings (SSSR count). The lowest BCUT2D eigenvalue weighted by atomic mass is 9.72. The molecule has 1 aromatic carbocycles. The third-order valence-corrected chi connectivity index (χ3v) is 5.15. The van der Waals surface area contributed by atoms with Crippen LogP contribution in [-0.4, -0.2) is 30.7 Å². The van der Waals surface area contributed by atoms with E-state index >= 15 is 0 Å². The van der Waals surface area contributed by atoms with Crippen LogP contribution in [0.4, 0.5) is 0 Å². The summed E-state index contributed by atoms with van der Waals surface area (Å²) >= 11 is 0. The first-order chi connectivity index (χ1) is 14.4. The SMILES string of the molecule is CCCCOC(=O)C(C(C)=O)C(=O)CCCOc1ccc(C(C)(C)CC(C)(C)C)cc1. The Labute approximate surface area is 187 Å². The van der Waals surface area contributed by atoms with Crippen LogP contribution in [0.15, 0.2) is 24.3 Å². The number of hydrogen-bond donors (Lipinski definition) is 0. The van der Waals surface area contributed by atoms with Crippen LogP contribution in [0.25, 0.3) is 0 Å². The average molecular weight is 433 g/mol. The third-order valence-electron chi connectivity index (χ3n) is 5.15. The van der Waals surface area contributed by atoms with E-state index in [1.54, 1.807) is 0 Å². The maximum Gasteiger partial charge on any atom is 0.324 e. The van der Waals surface area contributed by atoms with E-state index in [9.17, 15) is 14.4 Å². The lowest BCUT2D eigenvalue weighted by Gasteiger charge is -2.33. The zero-order chi connectivity index (χ0) is 23.7. The van der Waals surface area contributed by atoms with E-state index in [0.717, 1.165) is 18.6 Å². The molecule has 1 unspecified atom stereocenters. The molecule has 0 amide bonds. The smallest absolute Gasteiger partial charge is 0.324 e. The highest BCUT2D eigenvalue weighted by Gasteiger charge is 2.32. The molecule has 31 heavy (non-hydrogen) atoms. The molecule has 0 fully saturated rings. The molecule has 1 atom stereocenters. The van der Waals surface area contributed by atoms with Crippen molar-refractivity contribution in [2.75, 3.05) is 13.2 Å². The van der Waals surface area contributed by atoms with Crippen molar-refractivity contribution in [1.82, 2.24) is 0 Å². The van der Waals surface area contributed by atoms with Gasteiger partial charge in [-0.3, -0.25) is 14.4 Å². The van der Waals surface area contributed by atoms with Crippen molar-refractivity contribution in [2.24, 2.45) is 11.3 Å². The summed E-state index contributed by atoms with van der Waals surface area (Å²) in [5.74, 6) is -2.19. The number of ketones is 2. The van der Waals surface area contributed by atoms with E-state index < -0.39 is 23.5 Å². The Balaban J connectivity index is 2.53. The third kappa shape index (κ3) is 9.67. The molecular weight excluding hydrogens is 392 g/mol. The Morgan fingerprint density at radius 3 is 2.06 bits per heavy atom. The number of Topliss-reactive ketones (excluding diaryl/α,β-unsaturated/α-hetero) is 2. The van der Waals surface area contributed by atoms with Crippen LogP contribution >= 0.6 is 0 Å². The number of hydrogen-bond acceptors (Lipinski definition) is 5. The topological polar surface area (TPSA) is 69.7 Å². The minimum atomic E-state index is -1.32. The predicted octanol–water partition coefficient (Wildman–Crippen LogP) is 5.68. The second-order valence-electron chi connectivity index (χ2n) is 10.1. The van der Waals surface area contributed by atoms with Crippen LogP contribution in [0.5, 0.6) is 5.75 Å². The molecule has 0 radical (unpaired) electrons. The summed E-state index contributed by atoms with van der Waals surface area (Å²) in [6, 6.07) is 8.07. The van der Waals surface area contributed by atoms with Gasteiger partial charge in [-0.25, -0.2) is 0 Å². The van der Waals surface area contributed by atoms with Crippen LogP contribution in [0.1, 0.15) is 86.1 Å². The summed E-state index contributed by atoms with van der Waals surface area (Å²) in [5, 5.41) is 0. The van der Waals surface area contributed by atoms with Crippen molar-refractivity contribution >= 4 is 17.5 Å². The molecule has 0 aliphatic carbocycles. The molecule has 0 aromatic heterocycles. The largest absolute Gasteiger partial charge is 0.494 e. The van der Waals surface area contributed by atoms with E-state index in [1.165, 1.54) is 12.5 Å². The van der Waals surface area contributed by atoms with Crippen LogP contribution in [0, 0.1) is 11.3 Å². The molecule has 0 heterocycles. The lowest BCUT2D eigenvalue weighted by Crippen LogP contribution is -2.32. The van der Waals surface area contributed by atoms with Crippen LogP contribution < -0.4 is 4.74 Å². The first-order valence-electron chi connectivity index (χ1n) is 11.3.